The van der Waals surface area contributed by atoms with Crippen LogP contribution in [0.5, 0.6) is 0 Å². The molecule has 0 radical (unpaired) electrons. The van der Waals surface area contributed by atoms with Gasteiger partial charge in [-0.25, -0.2) is 0 Å². The summed E-state index contributed by atoms with van der Waals surface area (Å²) in [5.41, 5.74) is 2.33. The number of benzene rings is 2. The number of hydrogen-bond acceptors (Lipinski definition) is 2. The molecule has 3 nitrogen and oxygen atoms in total. The zero-order valence-electron chi connectivity index (χ0n) is 14.2. The number of aryl methyl sites for hydroxylation is 1. The molecule has 1 N–H and O–H groups in total. The van der Waals surface area contributed by atoms with Gasteiger partial charge < -0.3 is 9.84 Å². The minimum atomic E-state index is -0.708. The van der Waals surface area contributed by atoms with Crippen LogP contribution in [0.2, 0.25) is 0 Å². The van der Waals surface area contributed by atoms with Gasteiger partial charge in [0.1, 0.15) is 0 Å². The first-order chi connectivity index (χ1) is 11.6. The predicted octanol–water partition coefficient (Wildman–Crippen LogP) is 4.56. The number of carbonyl (C=O) groups is 1. The minimum absolute atomic E-state index is 0.227. The maximum absolute atomic E-state index is 11.5. The van der Waals surface area contributed by atoms with Gasteiger partial charge in [-0.05, 0) is 36.3 Å². The molecule has 24 heavy (non-hydrogen) atoms. The molecule has 2 rings (SSSR count). The van der Waals surface area contributed by atoms with E-state index in [9.17, 15) is 9.90 Å². The van der Waals surface area contributed by atoms with Crippen LogP contribution in [0.15, 0.2) is 60.7 Å². The first-order valence-electron chi connectivity index (χ1n) is 8.53. The van der Waals surface area contributed by atoms with Crippen molar-refractivity contribution in [2.24, 2.45) is 11.8 Å². The van der Waals surface area contributed by atoms with Gasteiger partial charge in [0.15, 0.2) is 0 Å². The van der Waals surface area contributed by atoms with Gasteiger partial charge in [-0.3, -0.25) is 4.79 Å². The van der Waals surface area contributed by atoms with E-state index in [4.69, 9.17) is 4.74 Å². The predicted molar refractivity (Wildman–Crippen MR) is 95.8 cm³/mol. The second-order valence-corrected chi connectivity index (χ2v) is 6.40. The highest BCUT2D eigenvalue weighted by molar-refractivity contribution is 5.69. The van der Waals surface area contributed by atoms with Crippen LogP contribution in [0.4, 0.5) is 0 Å². The second-order valence-electron chi connectivity index (χ2n) is 6.40. The topological polar surface area (TPSA) is 46.5 Å². The summed E-state index contributed by atoms with van der Waals surface area (Å²) in [6, 6.07) is 20.1. The summed E-state index contributed by atoms with van der Waals surface area (Å²) in [5, 5.41) is 9.46. The van der Waals surface area contributed by atoms with Gasteiger partial charge in [0.25, 0.3) is 0 Å². The molecule has 3 heteroatoms. The van der Waals surface area contributed by atoms with Crippen LogP contribution < -0.4 is 0 Å². The molecule has 2 unspecified atom stereocenters. The van der Waals surface area contributed by atoms with Crippen molar-refractivity contribution in [3.05, 3.63) is 71.8 Å². The molecule has 0 aliphatic carbocycles. The highest BCUT2D eigenvalue weighted by Gasteiger charge is 2.20. The third kappa shape index (κ3) is 6.55. The van der Waals surface area contributed by atoms with Gasteiger partial charge >= 0.3 is 5.97 Å². The fraction of sp³-hybridized carbons (Fsp3) is 0.381. The van der Waals surface area contributed by atoms with Crippen molar-refractivity contribution in [3.8, 4) is 0 Å². The molecule has 2 aromatic rings. The first kappa shape index (κ1) is 18.2. The Balaban J connectivity index is 1.74. The highest BCUT2D eigenvalue weighted by Crippen LogP contribution is 2.19. The van der Waals surface area contributed by atoms with E-state index >= 15 is 0 Å². The average molecular weight is 326 g/mol. The van der Waals surface area contributed by atoms with E-state index in [1.807, 2.05) is 60.7 Å². The van der Waals surface area contributed by atoms with Crippen molar-refractivity contribution >= 4 is 5.97 Å². The smallest absolute Gasteiger partial charge is 0.306 e. The summed E-state index contributed by atoms with van der Waals surface area (Å²) in [6.45, 7) is 3.22. The Morgan fingerprint density at radius 1 is 1.00 bits per heavy atom. The summed E-state index contributed by atoms with van der Waals surface area (Å²) in [7, 11) is 0. The lowest BCUT2D eigenvalue weighted by Crippen LogP contribution is -2.20. The molecule has 128 valence electrons. The van der Waals surface area contributed by atoms with E-state index in [1.54, 1.807) is 0 Å². The lowest BCUT2D eigenvalue weighted by Gasteiger charge is -2.18. The Labute approximate surface area is 144 Å². The third-order valence-electron chi connectivity index (χ3n) is 4.17. The molecule has 0 spiro atoms. The van der Waals surface area contributed by atoms with Crippen LogP contribution in [0.3, 0.4) is 0 Å². The SMILES string of the molecule is CC(COCc1ccccc1)CC(CCc1ccccc1)C(=O)O. The number of carboxylic acid groups (broad SMARTS) is 1. The Morgan fingerprint density at radius 2 is 1.58 bits per heavy atom. The van der Waals surface area contributed by atoms with Crippen molar-refractivity contribution in [1.29, 1.82) is 0 Å². The van der Waals surface area contributed by atoms with E-state index in [-0.39, 0.29) is 11.8 Å². The molecular formula is C21H26O3. The van der Waals surface area contributed by atoms with Crippen LogP contribution in [-0.4, -0.2) is 17.7 Å². The molecule has 0 fully saturated rings. The van der Waals surface area contributed by atoms with Gasteiger partial charge in [0, 0.05) is 6.61 Å². The van der Waals surface area contributed by atoms with Crippen LogP contribution in [0.1, 0.15) is 30.9 Å². The number of hydrogen-bond donors (Lipinski definition) is 1. The van der Waals surface area contributed by atoms with E-state index in [1.165, 1.54) is 5.56 Å². The number of ether oxygens (including phenoxy) is 1. The van der Waals surface area contributed by atoms with Gasteiger partial charge in [-0.1, -0.05) is 67.6 Å². The standard InChI is InChI=1S/C21H26O3/c1-17(15-24-16-19-10-6-3-7-11-19)14-20(21(22)23)13-12-18-8-4-2-5-9-18/h2-11,17,20H,12-16H2,1H3,(H,22,23). The summed E-state index contributed by atoms with van der Waals surface area (Å²) in [6.07, 6.45) is 2.12. The molecule has 2 aromatic carbocycles. The highest BCUT2D eigenvalue weighted by atomic mass is 16.5. The van der Waals surface area contributed by atoms with E-state index in [2.05, 4.69) is 6.92 Å². The molecule has 2 atom stereocenters. The van der Waals surface area contributed by atoms with Crippen LogP contribution in [-0.2, 0) is 22.6 Å². The van der Waals surface area contributed by atoms with E-state index < -0.39 is 5.97 Å². The Kier molecular flexibility index (Phi) is 7.50. The molecule has 0 aromatic heterocycles. The fourth-order valence-electron chi connectivity index (χ4n) is 2.83. The molecule has 0 saturated carbocycles. The molecule has 0 saturated heterocycles. The van der Waals surface area contributed by atoms with Crippen LogP contribution in [0.25, 0.3) is 0 Å². The normalized spacial score (nSPS) is 13.4. The number of carboxylic acids is 1. The minimum Gasteiger partial charge on any atom is -0.481 e. The summed E-state index contributed by atoms with van der Waals surface area (Å²) >= 11 is 0. The zero-order valence-corrected chi connectivity index (χ0v) is 14.2. The quantitative estimate of drug-likeness (QED) is 0.696. The van der Waals surface area contributed by atoms with E-state index in [0.717, 1.165) is 12.0 Å². The lowest BCUT2D eigenvalue weighted by atomic mass is 9.91. The molecule has 0 aliphatic rings. The summed E-state index contributed by atoms with van der Waals surface area (Å²) < 4.78 is 5.73. The van der Waals surface area contributed by atoms with Gasteiger partial charge in [-0.15, -0.1) is 0 Å². The average Bonchev–Trinajstić information content (AvgIpc) is 2.60. The van der Waals surface area contributed by atoms with E-state index in [0.29, 0.717) is 26.1 Å². The fourth-order valence-corrected chi connectivity index (χ4v) is 2.83. The lowest BCUT2D eigenvalue weighted by molar-refractivity contribution is -0.142. The number of aliphatic carboxylic acids is 1. The number of rotatable bonds is 10. The molecule has 0 bridgehead atoms. The van der Waals surface area contributed by atoms with Crippen molar-refractivity contribution in [3.63, 3.8) is 0 Å². The van der Waals surface area contributed by atoms with Gasteiger partial charge in [0.05, 0.1) is 12.5 Å². The second kappa shape index (κ2) is 9.89. The van der Waals surface area contributed by atoms with Crippen LogP contribution in [0, 0.1) is 11.8 Å². The molecule has 0 amide bonds. The molecule has 0 heterocycles. The monoisotopic (exact) mass is 326 g/mol. The third-order valence-corrected chi connectivity index (χ3v) is 4.17. The largest absolute Gasteiger partial charge is 0.481 e. The van der Waals surface area contributed by atoms with Crippen molar-refractivity contribution < 1.29 is 14.6 Å². The van der Waals surface area contributed by atoms with Crippen molar-refractivity contribution in [1.82, 2.24) is 0 Å². The maximum atomic E-state index is 11.5. The summed E-state index contributed by atoms with van der Waals surface area (Å²) in [4.78, 5) is 11.5. The van der Waals surface area contributed by atoms with Gasteiger partial charge in [0.2, 0.25) is 0 Å². The van der Waals surface area contributed by atoms with Crippen molar-refractivity contribution in [2.45, 2.75) is 32.8 Å². The van der Waals surface area contributed by atoms with Gasteiger partial charge in [-0.2, -0.15) is 0 Å². The molecular weight excluding hydrogens is 300 g/mol. The Bertz CT molecular complexity index is 595. The first-order valence-corrected chi connectivity index (χ1v) is 8.53. The Hall–Kier alpha value is -2.13. The zero-order chi connectivity index (χ0) is 17.2. The van der Waals surface area contributed by atoms with Crippen LogP contribution >= 0.6 is 0 Å². The Morgan fingerprint density at radius 3 is 2.17 bits per heavy atom. The summed E-state index contributed by atoms with van der Waals surface area (Å²) in [5.74, 6) is -0.799. The van der Waals surface area contributed by atoms with Crippen molar-refractivity contribution in [2.75, 3.05) is 6.61 Å². The molecule has 0 aliphatic heterocycles. The maximum Gasteiger partial charge on any atom is 0.306 e.